The number of anilines is 1. The summed E-state index contributed by atoms with van der Waals surface area (Å²) in [5, 5.41) is 10.7. The zero-order valence-electron chi connectivity index (χ0n) is 12.8. The van der Waals surface area contributed by atoms with Gasteiger partial charge < -0.3 is 11.1 Å². The van der Waals surface area contributed by atoms with Gasteiger partial charge in [0.2, 0.25) is 5.95 Å². The molecule has 0 saturated heterocycles. The van der Waals surface area contributed by atoms with Gasteiger partial charge in [-0.05, 0) is 45.2 Å². The first-order valence-electron chi connectivity index (χ1n) is 8.10. The summed E-state index contributed by atoms with van der Waals surface area (Å²) in [6.07, 6.45) is 7.80. The summed E-state index contributed by atoms with van der Waals surface area (Å²) in [7, 11) is 2.03. The van der Waals surface area contributed by atoms with Crippen molar-refractivity contribution in [3.8, 4) is 11.3 Å². The van der Waals surface area contributed by atoms with Gasteiger partial charge in [0.25, 0.3) is 0 Å². The summed E-state index contributed by atoms with van der Waals surface area (Å²) in [5.74, 6) is 1.44. The molecular formula is C16H22N6. The highest BCUT2D eigenvalue weighted by Gasteiger charge is 2.30. The molecule has 1 unspecified atom stereocenters. The zero-order valence-corrected chi connectivity index (χ0v) is 12.8. The number of H-pyrrole nitrogens is 1. The second-order valence-corrected chi connectivity index (χ2v) is 6.50. The standard InChI is InChI=1S/C16H22N6/c1-18-11-5-4-10(6-11)13-7-14(21-16(17)20-13)12-8-19-22-15(12)9-2-3-9/h7-11,18H,2-6H2,1H3,(H,19,22)(H2,17,20,21)/t10?,11-/m1/s1. The molecular weight excluding hydrogens is 276 g/mol. The van der Waals surface area contributed by atoms with Gasteiger partial charge in [-0.1, -0.05) is 0 Å². The summed E-state index contributed by atoms with van der Waals surface area (Å²) < 4.78 is 0. The van der Waals surface area contributed by atoms with E-state index in [9.17, 15) is 0 Å². The fourth-order valence-corrected chi connectivity index (χ4v) is 3.53. The topological polar surface area (TPSA) is 92.5 Å². The van der Waals surface area contributed by atoms with E-state index >= 15 is 0 Å². The van der Waals surface area contributed by atoms with E-state index in [1.165, 1.54) is 25.0 Å². The van der Waals surface area contributed by atoms with E-state index in [-0.39, 0.29) is 0 Å². The molecule has 2 aliphatic carbocycles. The second-order valence-electron chi connectivity index (χ2n) is 6.50. The average Bonchev–Trinajstić information content (AvgIpc) is 3.06. The number of nitrogens with zero attached hydrogens (tertiary/aromatic N) is 3. The number of nitrogen functional groups attached to an aromatic ring is 1. The fourth-order valence-electron chi connectivity index (χ4n) is 3.53. The molecule has 2 aromatic rings. The molecule has 4 N–H and O–H groups in total. The molecule has 4 rings (SSSR count). The number of hydrogen-bond donors (Lipinski definition) is 3. The molecule has 2 aliphatic rings. The minimum absolute atomic E-state index is 0.364. The first-order chi connectivity index (χ1) is 10.7. The zero-order chi connectivity index (χ0) is 15.1. The van der Waals surface area contributed by atoms with Crippen LogP contribution in [0.3, 0.4) is 0 Å². The van der Waals surface area contributed by atoms with E-state index < -0.39 is 0 Å². The predicted molar refractivity (Wildman–Crippen MR) is 85.4 cm³/mol. The van der Waals surface area contributed by atoms with Crippen LogP contribution in [0.5, 0.6) is 0 Å². The van der Waals surface area contributed by atoms with Crippen LogP contribution in [0.4, 0.5) is 5.95 Å². The van der Waals surface area contributed by atoms with Crippen LogP contribution in [0.1, 0.15) is 55.3 Å². The maximum absolute atomic E-state index is 5.97. The Kier molecular flexibility index (Phi) is 3.33. The highest BCUT2D eigenvalue weighted by Crippen LogP contribution is 2.43. The van der Waals surface area contributed by atoms with Crippen LogP contribution >= 0.6 is 0 Å². The third kappa shape index (κ3) is 2.47. The number of hydrogen-bond acceptors (Lipinski definition) is 5. The smallest absolute Gasteiger partial charge is 0.220 e. The summed E-state index contributed by atoms with van der Waals surface area (Å²) in [5.41, 5.74) is 10.2. The SMILES string of the molecule is CN[C@@H]1CCC(c2cc(-c3cn[nH]c3C3CC3)nc(N)n2)C1. The van der Waals surface area contributed by atoms with E-state index in [1.54, 1.807) is 0 Å². The molecule has 116 valence electrons. The van der Waals surface area contributed by atoms with Gasteiger partial charge in [-0.2, -0.15) is 5.10 Å². The van der Waals surface area contributed by atoms with E-state index in [2.05, 4.69) is 31.5 Å². The molecule has 6 heteroatoms. The van der Waals surface area contributed by atoms with Crippen molar-refractivity contribution in [2.45, 2.75) is 50.0 Å². The molecule has 6 nitrogen and oxygen atoms in total. The molecule has 0 spiro atoms. The minimum atomic E-state index is 0.364. The van der Waals surface area contributed by atoms with E-state index in [1.807, 2.05) is 13.2 Å². The van der Waals surface area contributed by atoms with Gasteiger partial charge in [0, 0.05) is 34.8 Å². The van der Waals surface area contributed by atoms with Gasteiger partial charge in [-0.25, -0.2) is 9.97 Å². The molecule has 0 amide bonds. The first kappa shape index (κ1) is 13.7. The molecule has 22 heavy (non-hydrogen) atoms. The Bertz CT molecular complexity index is 675. The first-order valence-corrected chi connectivity index (χ1v) is 8.10. The van der Waals surface area contributed by atoms with Crippen LogP contribution in [-0.2, 0) is 0 Å². The van der Waals surface area contributed by atoms with E-state index in [0.29, 0.717) is 23.8 Å². The summed E-state index contributed by atoms with van der Waals surface area (Å²) in [6, 6.07) is 2.69. The molecule has 0 radical (unpaired) electrons. The molecule has 0 bridgehead atoms. The molecule has 2 heterocycles. The molecule has 2 saturated carbocycles. The second kappa shape index (κ2) is 5.35. The Labute approximate surface area is 129 Å². The van der Waals surface area contributed by atoms with Gasteiger partial charge >= 0.3 is 0 Å². The monoisotopic (exact) mass is 298 g/mol. The van der Waals surface area contributed by atoms with Gasteiger partial charge in [-0.15, -0.1) is 0 Å². The van der Waals surface area contributed by atoms with Crippen LogP contribution in [-0.4, -0.2) is 33.3 Å². The van der Waals surface area contributed by atoms with Gasteiger partial charge in [0.1, 0.15) is 0 Å². The molecule has 0 aromatic carbocycles. The van der Waals surface area contributed by atoms with Crippen molar-refractivity contribution in [3.63, 3.8) is 0 Å². The summed E-state index contributed by atoms with van der Waals surface area (Å²) in [4.78, 5) is 8.94. The van der Waals surface area contributed by atoms with E-state index in [0.717, 1.165) is 29.8 Å². The van der Waals surface area contributed by atoms with Crippen molar-refractivity contribution in [3.05, 3.63) is 23.7 Å². The Hall–Kier alpha value is -1.95. The fraction of sp³-hybridized carbons (Fsp3) is 0.562. The van der Waals surface area contributed by atoms with Crippen molar-refractivity contribution in [1.29, 1.82) is 0 Å². The number of nitrogens with one attached hydrogen (secondary N) is 2. The highest BCUT2D eigenvalue weighted by atomic mass is 15.1. The predicted octanol–water partition coefficient (Wildman–Crippen LogP) is 2.18. The molecule has 2 atom stereocenters. The van der Waals surface area contributed by atoms with Crippen LogP contribution in [0.2, 0.25) is 0 Å². The Balaban J connectivity index is 1.67. The van der Waals surface area contributed by atoms with Crippen molar-refractivity contribution in [2.75, 3.05) is 12.8 Å². The van der Waals surface area contributed by atoms with Crippen LogP contribution in [0, 0.1) is 0 Å². The van der Waals surface area contributed by atoms with Gasteiger partial charge in [0.15, 0.2) is 0 Å². The molecule has 2 fully saturated rings. The summed E-state index contributed by atoms with van der Waals surface area (Å²) in [6.45, 7) is 0. The third-order valence-electron chi connectivity index (χ3n) is 4.95. The number of aromatic amines is 1. The van der Waals surface area contributed by atoms with Crippen molar-refractivity contribution >= 4 is 5.95 Å². The van der Waals surface area contributed by atoms with Crippen molar-refractivity contribution in [2.24, 2.45) is 0 Å². The van der Waals surface area contributed by atoms with Crippen molar-refractivity contribution in [1.82, 2.24) is 25.5 Å². The highest BCUT2D eigenvalue weighted by molar-refractivity contribution is 5.64. The largest absolute Gasteiger partial charge is 0.368 e. The third-order valence-corrected chi connectivity index (χ3v) is 4.95. The Morgan fingerprint density at radius 3 is 2.73 bits per heavy atom. The number of aromatic nitrogens is 4. The Morgan fingerprint density at radius 1 is 1.18 bits per heavy atom. The van der Waals surface area contributed by atoms with E-state index in [4.69, 9.17) is 5.73 Å². The van der Waals surface area contributed by atoms with Crippen molar-refractivity contribution < 1.29 is 0 Å². The lowest BCUT2D eigenvalue weighted by Gasteiger charge is -2.12. The number of rotatable bonds is 4. The lowest BCUT2D eigenvalue weighted by molar-refractivity contribution is 0.569. The lowest BCUT2D eigenvalue weighted by Crippen LogP contribution is -2.21. The van der Waals surface area contributed by atoms with Gasteiger partial charge in [0.05, 0.1) is 11.9 Å². The quantitative estimate of drug-likeness (QED) is 0.804. The van der Waals surface area contributed by atoms with Crippen LogP contribution in [0.15, 0.2) is 12.3 Å². The maximum Gasteiger partial charge on any atom is 0.220 e. The van der Waals surface area contributed by atoms with Crippen LogP contribution in [0.25, 0.3) is 11.3 Å². The molecule has 2 aromatic heterocycles. The minimum Gasteiger partial charge on any atom is -0.368 e. The number of nitrogens with two attached hydrogens (primary N) is 1. The summed E-state index contributed by atoms with van der Waals surface area (Å²) >= 11 is 0. The Morgan fingerprint density at radius 2 is 2.00 bits per heavy atom. The average molecular weight is 298 g/mol. The lowest BCUT2D eigenvalue weighted by atomic mass is 10.0. The normalized spacial score (nSPS) is 24.8. The maximum atomic E-state index is 5.97. The van der Waals surface area contributed by atoms with Crippen LogP contribution < -0.4 is 11.1 Å². The van der Waals surface area contributed by atoms with Gasteiger partial charge in [-0.3, -0.25) is 5.10 Å². The molecule has 0 aliphatic heterocycles.